The average Bonchev–Trinajstić information content (AvgIpc) is 2.65. The van der Waals surface area contributed by atoms with Crippen molar-refractivity contribution >= 4 is 22.4 Å². The predicted octanol–water partition coefficient (Wildman–Crippen LogP) is 1.91. The Morgan fingerprint density at radius 3 is 2.86 bits per heavy atom. The number of aromatic nitrogens is 1. The molecule has 0 spiro atoms. The number of hydrogen-bond donors (Lipinski definition) is 1. The van der Waals surface area contributed by atoms with E-state index in [2.05, 4.69) is 4.98 Å². The van der Waals surface area contributed by atoms with E-state index in [0.29, 0.717) is 5.56 Å². The van der Waals surface area contributed by atoms with E-state index in [4.69, 9.17) is 5.26 Å². The fourth-order valence-corrected chi connectivity index (χ4v) is 1.42. The van der Waals surface area contributed by atoms with E-state index in [9.17, 15) is 4.79 Å². The summed E-state index contributed by atoms with van der Waals surface area (Å²) in [5, 5.41) is 9.56. The second kappa shape index (κ2) is 3.21. The van der Waals surface area contributed by atoms with Gasteiger partial charge in [-0.3, -0.25) is 0 Å². The Bertz CT molecular complexity index is 568. The number of hydrogen-bond acceptors (Lipinski definition) is 2. The van der Waals surface area contributed by atoms with Crippen molar-refractivity contribution in [3.8, 4) is 6.07 Å². The number of nitriles is 1. The number of allylic oxidation sites excluding steroid dienone is 1. The summed E-state index contributed by atoms with van der Waals surface area (Å²) in [4.78, 5) is 13.5. The molecule has 0 atom stereocenters. The molecule has 3 heteroatoms. The molecule has 0 saturated heterocycles. The molecule has 0 fully saturated rings. The Morgan fingerprint density at radius 1 is 1.36 bits per heavy atom. The van der Waals surface area contributed by atoms with E-state index in [1.807, 2.05) is 30.3 Å². The van der Waals surface area contributed by atoms with Gasteiger partial charge in [-0.05, 0) is 6.07 Å². The lowest BCUT2D eigenvalue weighted by Gasteiger charge is -1.90. The highest BCUT2D eigenvalue weighted by molar-refractivity contribution is 6.04. The molecule has 1 N–H and O–H groups in total. The first-order valence-electron chi connectivity index (χ1n) is 4.08. The van der Waals surface area contributed by atoms with E-state index in [0.717, 1.165) is 10.9 Å². The van der Waals surface area contributed by atoms with Crippen LogP contribution in [0.4, 0.5) is 0 Å². The second-order valence-electron chi connectivity index (χ2n) is 2.84. The lowest BCUT2D eigenvalue weighted by Crippen LogP contribution is -1.78. The highest BCUT2D eigenvalue weighted by atomic mass is 16.1. The van der Waals surface area contributed by atoms with Gasteiger partial charge in [-0.2, -0.15) is 5.26 Å². The molecule has 14 heavy (non-hydrogen) atoms. The van der Waals surface area contributed by atoms with Crippen molar-refractivity contribution in [2.75, 3.05) is 0 Å². The van der Waals surface area contributed by atoms with Crippen LogP contribution in [0.15, 0.2) is 30.5 Å². The second-order valence-corrected chi connectivity index (χ2v) is 2.84. The maximum Gasteiger partial charge on any atom is 0.145 e. The van der Waals surface area contributed by atoms with E-state index >= 15 is 0 Å². The van der Waals surface area contributed by atoms with Crippen molar-refractivity contribution < 1.29 is 4.79 Å². The first kappa shape index (κ1) is 8.31. The van der Waals surface area contributed by atoms with Crippen LogP contribution in [0.25, 0.3) is 16.5 Å². The van der Waals surface area contributed by atoms with E-state index in [1.54, 1.807) is 12.1 Å². The van der Waals surface area contributed by atoms with Gasteiger partial charge in [0.05, 0.1) is 0 Å². The summed E-state index contributed by atoms with van der Waals surface area (Å²) in [5.41, 5.74) is 1.55. The molecule has 0 amide bonds. The molecule has 2 aromatic rings. The normalized spacial score (nSPS) is 9.36. The lowest BCUT2D eigenvalue weighted by atomic mass is 10.1. The van der Waals surface area contributed by atoms with Gasteiger partial charge in [0.15, 0.2) is 0 Å². The first-order chi connectivity index (χ1) is 6.86. The minimum absolute atomic E-state index is 0.0300. The van der Waals surface area contributed by atoms with Crippen LogP contribution in [0.2, 0.25) is 0 Å². The van der Waals surface area contributed by atoms with Crippen molar-refractivity contribution in [1.82, 2.24) is 4.98 Å². The zero-order valence-electron chi connectivity index (χ0n) is 7.24. The number of benzene rings is 1. The smallest absolute Gasteiger partial charge is 0.145 e. The quantitative estimate of drug-likeness (QED) is 0.541. The Hall–Kier alpha value is -2.30. The van der Waals surface area contributed by atoms with Gasteiger partial charge >= 0.3 is 0 Å². The largest absolute Gasteiger partial charge is 0.360 e. The number of rotatable bonds is 1. The van der Waals surface area contributed by atoms with Gasteiger partial charge < -0.3 is 4.98 Å². The number of fused-ring (bicyclic) bond motifs is 1. The number of H-pyrrole nitrogens is 1. The van der Waals surface area contributed by atoms with Crippen LogP contribution in [-0.2, 0) is 4.79 Å². The Morgan fingerprint density at radius 2 is 2.14 bits per heavy atom. The molecule has 3 nitrogen and oxygen atoms in total. The molecular formula is C11H6N2O. The van der Waals surface area contributed by atoms with Crippen LogP contribution in [0.1, 0.15) is 5.56 Å². The summed E-state index contributed by atoms with van der Waals surface area (Å²) >= 11 is 0. The molecule has 0 radical (unpaired) electrons. The molecule has 0 unspecified atom stereocenters. The predicted molar refractivity (Wildman–Crippen MR) is 53.0 cm³/mol. The number of para-hydroxylation sites is 1. The van der Waals surface area contributed by atoms with Gasteiger partial charge in [-0.25, -0.2) is 4.79 Å². The average molecular weight is 182 g/mol. The Labute approximate surface area is 80.3 Å². The molecule has 66 valence electrons. The van der Waals surface area contributed by atoms with Crippen LogP contribution in [0.5, 0.6) is 0 Å². The van der Waals surface area contributed by atoms with Crippen LogP contribution < -0.4 is 0 Å². The fourth-order valence-electron chi connectivity index (χ4n) is 1.42. The van der Waals surface area contributed by atoms with E-state index in [-0.39, 0.29) is 5.57 Å². The Kier molecular flexibility index (Phi) is 1.91. The van der Waals surface area contributed by atoms with Crippen LogP contribution >= 0.6 is 0 Å². The van der Waals surface area contributed by atoms with Gasteiger partial charge in [0.25, 0.3) is 0 Å². The third-order valence-corrected chi connectivity index (χ3v) is 2.07. The van der Waals surface area contributed by atoms with Gasteiger partial charge in [0.1, 0.15) is 17.6 Å². The molecule has 2 rings (SSSR count). The molecule has 0 bridgehead atoms. The van der Waals surface area contributed by atoms with E-state index < -0.39 is 0 Å². The van der Waals surface area contributed by atoms with Gasteiger partial charge in [-0.1, -0.05) is 18.2 Å². The van der Waals surface area contributed by atoms with Crippen molar-refractivity contribution in [2.45, 2.75) is 0 Å². The SMILES string of the molecule is N#CC(=C=O)c1c[nH]c2ccccc12. The number of nitrogens with zero attached hydrogens (tertiary/aromatic N) is 1. The molecular weight excluding hydrogens is 176 g/mol. The molecule has 0 saturated carbocycles. The van der Waals surface area contributed by atoms with Crippen molar-refractivity contribution in [3.63, 3.8) is 0 Å². The zero-order chi connectivity index (χ0) is 9.97. The monoisotopic (exact) mass is 182 g/mol. The minimum atomic E-state index is 0.0300. The van der Waals surface area contributed by atoms with Crippen LogP contribution in [0, 0.1) is 11.3 Å². The fraction of sp³-hybridized carbons (Fsp3) is 0. The molecule has 0 aliphatic heterocycles. The molecule has 0 aliphatic carbocycles. The molecule has 1 aromatic heterocycles. The minimum Gasteiger partial charge on any atom is -0.360 e. The van der Waals surface area contributed by atoms with Crippen molar-refractivity contribution in [3.05, 3.63) is 36.0 Å². The van der Waals surface area contributed by atoms with Gasteiger partial charge in [0, 0.05) is 22.7 Å². The van der Waals surface area contributed by atoms with Gasteiger partial charge in [-0.15, -0.1) is 0 Å². The summed E-state index contributed by atoms with van der Waals surface area (Å²) in [6, 6.07) is 9.31. The van der Waals surface area contributed by atoms with Crippen molar-refractivity contribution in [1.29, 1.82) is 5.26 Å². The maximum atomic E-state index is 10.5. The Balaban J connectivity index is 2.77. The zero-order valence-corrected chi connectivity index (χ0v) is 7.24. The summed E-state index contributed by atoms with van der Waals surface area (Å²) in [7, 11) is 0. The molecule has 1 heterocycles. The van der Waals surface area contributed by atoms with Crippen LogP contribution in [0.3, 0.4) is 0 Å². The van der Waals surface area contributed by atoms with Gasteiger partial charge in [0.2, 0.25) is 0 Å². The van der Waals surface area contributed by atoms with Crippen molar-refractivity contribution in [2.24, 2.45) is 0 Å². The number of nitrogens with one attached hydrogen (secondary N) is 1. The summed E-state index contributed by atoms with van der Waals surface area (Å²) < 4.78 is 0. The standard InChI is InChI=1S/C11H6N2O/c12-5-8(7-14)10-6-13-11-4-2-1-3-9(10)11/h1-4,6,13H. The van der Waals surface area contributed by atoms with Crippen LogP contribution in [-0.4, -0.2) is 10.9 Å². The highest BCUT2D eigenvalue weighted by Gasteiger charge is 2.07. The number of aromatic amines is 1. The first-order valence-corrected chi connectivity index (χ1v) is 4.08. The summed E-state index contributed by atoms with van der Waals surface area (Å²) in [5.74, 6) is 1.63. The maximum absolute atomic E-state index is 10.5. The summed E-state index contributed by atoms with van der Waals surface area (Å²) in [6.45, 7) is 0. The molecule has 0 aliphatic rings. The highest BCUT2D eigenvalue weighted by Crippen LogP contribution is 2.22. The lowest BCUT2D eigenvalue weighted by molar-refractivity contribution is 0.569. The topological polar surface area (TPSA) is 56.6 Å². The third-order valence-electron chi connectivity index (χ3n) is 2.07. The third kappa shape index (κ3) is 1.11. The number of carbonyl (C=O) groups excluding carboxylic acids is 1. The molecule has 1 aromatic carbocycles. The van der Waals surface area contributed by atoms with E-state index in [1.165, 1.54) is 0 Å². The summed E-state index contributed by atoms with van der Waals surface area (Å²) in [6.07, 6.45) is 1.65.